The average molecular weight is 393 g/mol. The third-order valence-corrected chi connectivity index (χ3v) is 4.78. The van der Waals surface area contributed by atoms with Gasteiger partial charge < -0.3 is 20.9 Å². The van der Waals surface area contributed by atoms with Crippen LogP contribution >= 0.6 is 12.4 Å². The second kappa shape index (κ2) is 9.53. The largest absolute Gasteiger partial charge is 0.354 e. The van der Waals surface area contributed by atoms with Gasteiger partial charge in [0.25, 0.3) is 11.5 Å². The van der Waals surface area contributed by atoms with Crippen LogP contribution < -0.4 is 16.6 Å². The molecule has 3 rings (SSSR count). The molecule has 1 aromatic carbocycles. The summed E-state index contributed by atoms with van der Waals surface area (Å²) in [5.41, 5.74) is 5.41. The van der Waals surface area contributed by atoms with Gasteiger partial charge in [0.2, 0.25) is 5.91 Å². The van der Waals surface area contributed by atoms with Gasteiger partial charge >= 0.3 is 0 Å². The van der Waals surface area contributed by atoms with E-state index in [4.69, 9.17) is 5.73 Å². The first-order valence-electron chi connectivity index (χ1n) is 9.00. The Kier molecular flexibility index (Phi) is 7.38. The molecular formula is C19H25ClN4O3. The molecule has 1 saturated heterocycles. The van der Waals surface area contributed by atoms with Crippen molar-refractivity contribution in [2.75, 3.05) is 19.6 Å². The maximum absolute atomic E-state index is 13.0. The quantitative estimate of drug-likeness (QED) is 0.714. The predicted octanol–water partition coefficient (Wildman–Crippen LogP) is 1.41. The first-order valence-corrected chi connectivity index (χ1v) is 9.00. The number of nitrogens with one attached hydrogen (secondary N) is 2. The third kappa shape index (κ3) is 4.87. The maximum atomic E-state index is 13.0. The molecule has 0 bridgehead atoms. The zero-order valence-corrected chi connectivity index (χ0v) is 15.9. The van der Waals surface area contributed by atoms with E-state index in [-0.39, 0.29) is 47.9 Å². The Morgan fingerprint density at radius 3 is 2.81 bits per heavy atom. The highest BCUT2D eigenvalue weighted by Crippen LogP contribution is 2.20. The number of aromatic nitrogens is 1. The number of rotatable bonds is 5. The second-order valence-electron chi connectivity index (χ2n) is 6.59. The van der Waals surface area contributed by atoms with Gasteiger partial charge in [0.1, 0.15) is 5.69 Å². The average Bonchev–Trinajstić information content (AvgIpc) is 2.66. The minimum atomic E-state index is -0.267. The lowest BCUT2D eigenvalue weighted by Crippen LogP contribution is -2.49. The lowest BCUT2D eigenvalue weighted by atomic mass is 10.0. The molecule has 2 amide bonds. The van der Waals surface area contributed by atoms with Gasteiger partial charge in [-0.15, -0.1) is 12.4 Å². The minimum Gasteiger partial charge on any atom is -0.354 e. The molecule has 0 saturated carbocycles. The lowest BCUT2D eigenvalue weighted by Gasteiger charge is -2.35. The van der Waals surface area contributed by atoms with Crippen molar-refractivity contribution in [3.63, 3.8) is 0 Å². The number of carbonyl (C=O) groups is 2. The van der Waals surface area contributed by atoms with Gasteiger partial charge in [-0.05, 0) is 36.8 Å². The van der Waals surface area contributed by atoms with Gasteiger partial charge in [0.05, 0.1) is 0 Å². The van der Waals surface area contributed by atoms with Crippen LogP contribution in [-0.4, -0.2) is 47.4 Å². The van der Waals surface area contributed by atoms with Crippen LogP contribution in [-0.2, 0) is 4.79 Å². The fourth-order valence-corrected chi connectivity index (χ4v) is 3.41. The van der Waals surface area contributed by atoms with Crippen LogP contribution in [0.25, 0.3) is 10.8 Å². The van der Waals surface area contributed by atoms with Crippen molar-refractivity contribution in [2.45, 2.75) is 31.7 Å². The Hall–Kier alpha value is -2.38. The first-order chi connectivity index (χ1) is 12.6. The zero-order valence-electron chi connectivity index (χ0n) is 15.1. The molecule has 1 aliphatic rings. The number of fused-ring (bicyclic) bond motifs is 1. The topological polar surface area (TPSA) is 108 Å². The summed E-state index contributed by atoms with van der Waals surface area (Å²) < 4.78 is 0. The molecule has 27 heavy (non-hydrogen) atoms. The van der Waals surface area contributed by atoms with E-state index in [0.29, 0.717) is 25.0 Å². The monoisotopic (exact) mass is 392 g/mol. The molecule has 146 valence electrons. The van der Waals surface area contributed by atoms with Crippen LogP contribution in [0.3, 0.4) is 0 Å². The van der Waals surface area contributed by atoms with Gasteiger partial charge in [-0.1, -0.05) is 18.2 Å². The number of halogens is 1. The first kappa shape index (κ1) is 20.9. The summed E-state index contributed by atoms with van der Waals surface area (Å²) in [7, 11) is 0. The van der Waals surface area contributed by atoms with Crippen LogP contribution in [0.4, 0.5) is 0 Å². The fourth-order valence-electron chi connectivity index (χ4n) is 3.41. The van der Waals surface area contributed by atoms with E-state index >= 15 is 0 Å². The number of piperidine rings is 1. The molecular weight excluding hydrogens is 368 g/mol. The van der Waals surface area contributed by atoms with Crippen molar-refractivity contribution >= 4 is 35.0 Å². The SMILES string of the molecule is Cl.NCCC(=O)NCC1CCCCN1C(=O)c1cc2ccccc2c(=O)[nH]1. The molecule has 2 heterocycles. The molecule has 7 nitrogen and oxygen atoms in total. The van der Waals surface area contributed by atoms with E-state index in [2.05, 4.69) is 10.3 Å². The highest BCUT2D eigenvalue weighted by molar-refractivity contribution is 5.96. The summed E-state index contributed by atoms with van der Waals surface area (Å²) in [6.07, 6.45) is 3.03. The summed E-state index contributed by atoms with van der Waals surface area (Å²) in [5.74, 6) is -0.310. The Balaban J connectivity index is 0.00000261. The predicted molar refractivity (Wildman–Crippen MR) is 107 cm³/mol. The Morgan fingerprint density at radius 2 is 2.04 bits per heavy atom. The van der Waals surface area contributed by atoms with Crippen molar-refractivity contribution in [3.8, 4) is 0 Å². The van der Waals surface area contributed by atoms with Crippen LogP contribution in [0.15, 0.2) is 35.1 Å². The van der Waals surface area contributed by atoms with E-state index < -0.39 is 0 Å². The summed E-state index contributed by atoms with van der Waals surface area (Å²) in [6, 6.07) is 8.84. The Bertz CT molecular complexity index is 867. The van der Waals surface area contributed by atoms with E-state index in [9.17, 15) is 14.4 Å². The molecule has 0 spiro atoms. The van der Waals surface area contributed by atoms with Crippen LogP contribution in [0, 0.1) is 0 Å². The van der Waals surface area contributed by atoms with Gasteiger partial charge in [0.15, 0.2) is 0 Å². The molecule has 2 aromatic rings. The number of likely N-dealkylation sites (tertiary alicyclic amines) is 1. The number of nitrogens with zero attached hydrogens (tertiary/aromatic N) is 1. The van der Waals surface area contributed by atoms with Crippen LogP contribution in [0.1, 0.15) is 36.2 Å². The number of carbonyl (C=O) groups excluding carboxylic acids is 2. The standard InChI is InChI=1S/C19H24N4O3.ClH/c20-9-8-17(24)21-12-14-6-3-4-10-23(14)19(26)16-11-13-5-1-2-7-15(13)18(25)22-16;/h1-2,5,7,11,14H,3-4,6,8-10,12,20H2,(H,21,24)(H,22,25);1H. The molecule has 1 unspecified atom stereocenters. The van der Waals surface area contributed by atoms with E-state index in [1.165, 1.54) is 0 Å². The number of hydrogen-bond acceptors (Lipinski definition) is 4. The number of amides is 2. The molecule has 1 atom stereocenters. The van der Waals surface area contributed by atoms with Gasteiger partial charge in [-0.2, -0.15) is 0 Å². The summed E-state index contributed by atoms with van der Waals surface area (Å²) in [6.45, 7) is 1.32. The molecule has 8 heteroatoms. The van der Waals surface area contributed by atoms with E-state index in [1.54, 1.807) is 23.1 Å². The van der Waals surface area contributed by atoms with Crippen LogP contribution in [0.2, 0.25) is 0 Å². The van der Waals surface area contributed by atoms with E-state index in [0.717, 1.165) is 24.6 Å². The Labute approximate surface area is 163 Å². The second-order valence-corrected chi connectivity index (χ2v) is 6.59. The van der Waals surface area contributed by atoms with Gasteiger partial charge in [-0.25, -0.2) is 0 Å². The fraction of sp³-hybridized carbons (Fsp3) is 0.421. The zero-order chi connectivity index (χ0) is 18.5. The highest BCUT2D eigenvalue weighted by atomic mass is 35.5. The number of benzene rings is 1. The smallest absolute Gasteiger partial charge is 0.270 e. The van der Waals surface area contributed by atoms with Gasteiger partial charge in [-0.3, -0.25) is 14.4 Å². The summed E-state index contributed by atoms with van der Waals surface area (Å²) >= 11 is 0. The molecule has 4 N–H and O–H groups in total. The van der Waals surface area contributed by atoms with Crippen LogP contribution in [0.5, 0.6) is 0 Å². The van der Waals surface area contributed by atoms with Crippen molar-refractivity contribution < 1.29 is 9.59 Å². The lowest BCUT2D eigenvalue weighted by molar-refractivity contribution is -0.121. The minimum absolute atomic E-state index is 0. The van der Waals surface area contributed by atoms with Crippen molar-refractivity contribution in [1.29, 1.82) is 0 Å². The molecule has 0 aliphatic carbocycles. The number of pyridine rings is 1. The number of H-pyrrole nitrogens is 1. The summed E-state index contributed by atoms with van der Waals surface area (Å²) in [5, 5.41) is 4.15. The normalized spacial score (nSPS) is 16.6. The van der Waals surface area contributed by atoms with Gasteiger partial charge in [0, 0.05) is 37.5 Å². The number of hydrogen-bond donors (Lipinski definition) is 3. The molecule has 1 fully saturated rings. The Morgan fingerprint density at radius 1 is 1.26 bits per heavy atom. The molecule has 1 aliphatic heterocycles. The van der Waals surface area contributed by atoms with Crippen molar-refractivity contribution in [1.82, 2.24) is 15.2 Å². The molecule has 0 radical (unpaired) electrons. The number of aromatic amines is 1. The number of nitrogens with two attached hydrogens (primary N) is 1. The summed E-state index contributed by atoms with van der Waals surface area (Å²) in [4.78, 5) is 41.4. The molecule has 1 aromatic heterocycles. The van der Waals surface area contributed by atoms with Crippen molar-refractivity contribution in [2.24, 2.45) is 5.73 Å². The van der Waals surface area contributed by atoms with E-state index in [1.807, 2.05) is 12.1 Å². The maximum Gasteiger partial charge on any atom is 0.270 e. The third-order valence-electron chi connectivity index (χ3n) is 4.78. The van der Waals surface area contributed by atoms with Crippen molar-refractivity contribution in [3.05, 3.63) is 46.4 Å². The highest BCUT2D eigenvalue weighted by Gasteiger charge is 2.28.